The quantitative estimate of drug-likeness (QED) is 0.565. The lowest BCUT2D eigenvalue weighted by Crippen LogP contribution is -2.46. The average molecular weight is 461 g/mol. The van der Waals surface area contributed by atoms with Gasteiger partial charge in [-0.15, -0.1) is 23.7 Å². The zero-order valence-corrected chi connectivity index (χ0v) is 19.6. The highest BCUT2D eigenvalue weighted by Gasteiger charge is 2.18. The molecule has 2 aromatic heterocycles. The van der Waals surface area contributed by atoms with Crippen LogP contribution in [0.1, 0.15) is 16.8 Å². The van der Waals surface area contributed by atoms with Gasteiger partial charge in [-0.2, -0.15) is 0 Å². The maximum absolute atomic E-state index is 12.1. The molecule has 0 saturated carbocycles. The molecule has 0 aliphatic carbocycles. The third-order valence-corrected chi connectivity index (χ3v) is 6.58. The van der Waals surface area contributed by atoms with Gasteiger partial charge in [0.05, 0.1) is 5.56 Å². The van der Waals surface area contributed by atoms with E-state index in [-0.39, 0.29) is 23.9 Å². The topological polar surface area (TPSA) is 48.8 Å². The van der Waals surface area contributed by atoms with Gasteiger partial charge in [-0.25, -0.2) is 0 Å². The van der Waals surface area contributed by atoms with Crippen LogP contribution >= 0.6 is 23.7 Å². The Morgan fingerprint density at radius 2 is 1.81 bits per heavy atom. The molecule has 1 aliphatic rings. The molecule has 6 nitrogen and oxygen atoms in total. The number of hydrogen-bond acceptors (Lipinski definition) is 5. The van der Waals surface area contributed by atoms with E-state index in [1.54, 1.807) is 42.3 Å². The second kappa shape index (κ2) is 10.3. The monoisotopic (exact) mass is 460 g/mol. The number of aryl methyl sites for hydroxylation is 1. The van der Waals surface area contributed by atoms with Crippen LogP contribution in [0.5, 0.6) is 0 Å². The number of hydrogen-bond donors (Lipinski definition) is 0. The van der Waals surface area contributed by atoms with Crippen molar-refractivity contribution in [2.45, 2.75) is 13.0 Å². The second-order valence-corrected chi connectivity index (χ2v) is 8.89. The molecule has 0 atom stereocenters. The largest absolute Gasteiger partial charge is 0.368 e. The lowest BCUT2D eigenvalue weighted by atomic mass is 10.2. The van der Waals surface area contributed by atoms with Crippen molar-refractivity contribution in [1.29, 1.82) is 0 Å². The Hall–Kier alpha value is -2.35. The smallest absolute Gasteiger partial charge is 0.254 e. The number of amides is 1. The van der Waals surface area contributed by atoms with E-state index in [0.29, 0.717) is 12.1 Å². The van der Waals surface area contributed by atoms with Gasteiger partial charge >= 0.3 is 0 Å². The highest BCUT2D eigenvalue weighted by atomic mass is 35.5. The van der Waals surface area contributed by atoms with Crippen molar-refractivity contribution in [3.8, 4) is 0 Å². The molecule has 4 rings (SSSR count). The van der Waals surface area contributed by atoms with E-state index in [1.807, 2.05) is 0 Å². The molecule has 0 N–H and O–H groups in total. The van der Waals surface area contributed by atoms with E-state index >= 15 is 0 Å². The summed E-state index contributed by atoms with van der Waals surface area (Å²) in [5.41, 5.74) is 1.83. The van der Waals surface area contributed by atoms with Crippen LogP contribution in [0.15, 0.2) is 52.8 Å². The Balaban J connectivity index is 0.00000272. The number of carbonyl (C=O) groups is 1. The first-order valence-electron chi connectivity index (χ1n) is 10.4. The van der Waals surface area contributed by atoms with E-state index < -0.39 is 0 Å². The number of aromatic nitrogens is 1. The first kappa shape index (κ1) is 23.3. The van der Waals surface area contributed by atoms with Crippen LogP contribution < -0.4 is 10.5 Å². The minimum Gasteiger partial charge on any atom is -0.368 e. The molecule has 0 unspecified atom stereocenters. The molecule has 0 radical (unpaired) electrons. The van der Waals surface area contributed by atoms with Gasteiger partial charge in [0.2, 0.25) is 0 Å². The summed E-state index contributed by atoms with van der Waals surface area (Å²) >= 11 is 1.79. The highest BCUT2D eigenvalue weighted by molar-refractivity contribution is 7.17. The van der Waals surface area contributed by atoms with Gasteiger partial charge in [0, 0.05) is 74.9 Å². The zero-order chi connectivity index (χ0) is 21.1. The minimum atomic E-state index is -0.0829. The molecular weight excluding hydrogens is 432 g/mol. The number of fused-ring (bicyclic) bond motifs is 1. The van der Waals surface area contributed by atoms with Crippen molar-refractivity contribution in [2.75, 3.05) is 51.7 Å². The molecule has 1 fully saturated rings. The number of anilines is 1. The summed E-state index contributed by atoms with van der Waals surface area (Å²) in [7, 11) is 3.44. The standard InChI is InChI=1S/C23H28N4O2S.ClH/c1-24(2)23(29)18-7-8-22(28)27(17-18)11-4-10-25-12-14-26(15-13-25)20-5-3-6-21-19(20)9-16-30-21;/h3,5-9,16-17H,4,10-15H2,1-2H3;1H. The van der Waals surface area contributed by atoms with Crippen molar-refractivity contribution in [1.82, 2.24) is 14.4 Å². The summed E-state index contributed by atoms with van der Waals surface area (Å²) in [5, 5.41) is 3.51. The fourth-order valence-corrected chi connectivity index (χ4v) is 4.83. The van der Waals surface area contributed by atoms with Gasteiger partial charge in [0.25, 0.3) is 11.5 Å². The highest BCUT2D eigenvalue weighted by Crippen LogP contribution is 2.31. The Kier molecular flexibility index (Phi) is 7.75. The van der Waals surface area contributed by atoms with Crippen molar-refractivity contribution in [3.05, 3.63) is 63.9 Å². The normalized spacial score (nSPS) is 14.5. The molecule has 8 heteroatoms. The molecule has 1 aliphatic heterocycles. The Morgan fingerprint density at radius 1 is 1.03 bits per heavy atom. The maximum Gasteiger partial charge on any atom is 0.254 e. The predicted octanol–water partition coefficient (Wildman–Crippen LogP) is 3.40. The molecule has 1 saturated heterocycles. The van der Waals surface area contributed by atoms with Crippen LogP contribution in [-0.2, 0) is 6.54 Å². The van der Waals surface area contributed by atoms with E-state index in [0.717, 1.165) is 39.1 Å². The molecule has 1 aromatic carbocycles. The Labute approximate surface area is 193 Å². The first-order valence-corrected chi connectivity index (χ1v) is 11.3. The summed E-state index contributed by atoms with van der Waals surface area (Å²) < 4.78 is 3.00. The molecule has 0 spiro atoms. The Bertz CT molecular complexity index is 1090. The summed E-state index contributed by atoms with van der Waals surface area (Å²) in [4.78, 5) is 30.8. The predicted molar refractivity (Wildman–Crippen MR) is 131 cm³/mol. The van der Waals surface area contributed by atoms with E-state index in [4.69, 9.17) is 0 Å². The van der Waals surface area contributed by atoms with E-state index in [9.17, 15) is 9.59 Å². The minimum absolute atomic E-state index is 0. The number of thiophene rings is 1. The molecule has 3 aromatic rings. The van der Waals surface area contributed by atoms with Gasteiger partial charge < -0.3 is 14.4 Å². The fourth-order valence-electron chi connectivity index (χ4n) is 4.02. The number of pyridine rings is 1. The zero-order valence-electron chi connectivity index (χ0n) is 18.0. The second-order valence-electron chi connectivity index (χ2n) is 7.94. The molecule has 3 heterocycles. The Morgan fingerprint density at radius 3 is 2.55 bits per heavy atom. The van der Waals surface area contributed by atoms with Gasteiger partial charge in [-0.3, -0.25) is 14.5 Å². The molecule has 166 valence electrons. The first-order chi connectivity index (χ1) is 14.5. The van der Waals surface area contributed by atoms with Crippen LogP contribution in [0, 0.1) is 0 Å². The van der Waals surface area contributed by atoms with E-state index in [2.05, 4.69) is 39.4 Å². The average Bonchev–Trinajstić information content (AvgIpc) is 3.24. The van der Waals surface area contributed by atoms with Crippen LogP contribution in [0.25, 0.3) is 10.1 Å². The van der Waals surface area contributed by atoms with Crippen LogP contribution in [-0.4, -0.2) is 67.1 Å². The molecule has 1 amide bonds. The summed E-state index contributed by atoms with van der Waals surface area (Å²) in [6.07, 6.45) is 2.57. The number of carbonyl (C=O) groups excluding carboxylic acids is 1. The van der Waals surface area contributed by atoms with Crippen LogP contribution in [0.2, 0.25) is 0 Å². The third-order valence-electron chi connectivity index (χ3n) is 5.70. The lowest BCUT2D eigenvalue weighted by Gasteiger charge is -2.36. The molecule has 31 heavy (non-hydrogen) atoms. The van der Waals surface area contributed by atoms with Gasteiger partial charge in [0.1, 0.15) is 0 Å². The third kappa shape index (κ3) is 5.29. The fraction of sp³-hybridized carbons (Fsp3) is 0.391. The van der Waals surface area contributed by atoms with Crippen LogP contribution in [0.3, 0.4) is 0 Å². The lowest BCUT2D eigenvalue weighted by molar-refractivity contribution is 0.0826. The molecular formula is C23H29ClN4O2S. The van der Waals surface area contributed by atoms with Crippen molar-refractivity contribution < 1.29 is 4.79 Å². The SMILES string of the molecule is CN(C)C(=O)c1ccc(=O)n(CCCN2CCN(c3cccc4sccc34)CC2)c1.Cl. The summed E-state index contributed by atoms with van der Waals surface area (Å²) in [6, 6.07) is 11.9. The number of rotatable bonds is 6. The number of halogens is 1. The van der Waals surface area contributed by atoms with Crippen molar-refractivity contribution >= 4 is 45.4 Å². The van der Waals surface area contributed by atoms with Crippen molar-refractivity contribution in [3.63, 3.8) is 0 Å². The summed E-state index contributed by atoms with van der Waals surface area (Å²) in [6.45, 7) is 5.66. The number of nitrogens with zero attached hydrogens (tertiary/aromatic N) is 4. The maximum atomic E-state index is 12.1. The number of piperazine rings is 1. The van der Waals surface area contributed by atoms with Gasteiger partial charge in [0.15, 0.2) is 0 Å². The van der Waals surface area contributed by atoms with Gasteiger partial charge in [-0.05, 0) is 42.6 Å². The van der Waals surface area contributed by atoms with E-state index in [1.165, 1.54) is 26.7 Å². The molecule has 0 bridgehead atoms. The van der Waals surface area contributed by atoms with Crippen molar-refractivity contribution in [2.24, 2.45) is 0 Å². The van der Waals surface area contributed by atoms with Gasteiger partial charge in [-0.1, -0.05) is 6.07 Å². The summed E-state index contributed by atoms with van der Waals surface area (Å²) in [5.74, 6) is -0.0829. The number of benzene rings is 1. The van der Waals surface area contributed by atoms with Crippen LogP contribution in [0.4, 0.5) is 5.69 Å².